The van der Waals surface area contributed by atoms with Gasteiger partial charge in [-0.25, -0.2) is 4.79 Å². The highest BCUT2D eigenvalue weighted by Crippen LogP contribution is 2.29. The van der Waals surface area contributed by atoms with Gasteiger partial charge in [0.1, 0.15) is 12.3 Å². The molecule has 2 saturated heterocycles. The number of nitrogens with one attached hydrogen (secondary N) is 1. The number of urea groups is 1. The molecule has 3 rings (SSSR count). The lowest BCUT2D eigenvalue weighted by Crippen LogP contribution is -2.52. The van der Waals surface area contributed by atoms with Gasteiger partial charge in [0.25, 0.3) is 5.91 Å². The molecule has 3 unspecified atom stereocenters. The second-order valence-corrected chi connectivity index (χ2v) is 6.85. The lowest BCUT2D eigenvalue weighted by atomic mass is 9.97. The predicted octanol–water partition coefficient (Wildman–Crippen LogP) is 1.84. The van der Waals surface area contributed by atoms with Crippen LogP contribution < -0.4 is 5.32 Å². The molecule has 2 fully saturated rings. The summed E-state index contributed by atoms with van der Waals surface area (Å²) >= 11 is 0. The summed E-state index contributed by atoms with van der Waals surface area (Å²) in [5.74, 6) is -0.300. The van der Waals surface area contributed by atoms with Crippen molar-refractivity contribution in [1.29, 1.82) is 0 Å². The molecule has 0 aliphatic carbocycles. The molecule has 2 aliphatic heterocycles. The highest BCUT2D eigenvalue weighted by atomic mass is 16.3. The molecule has 3 atom stereocenters. The van der Waals surface area contributed by atoms with E-state index in [-0.39, 0.29) is 24.5 Å². The fourth-order valence-corrected chi connectivity index (χ4v) is 3.70. The molecule has 1 N–H and O–H groups in total. The smallest absolute Gasteiger partial charge is 0.325 e. The molecule has 7 heteroatoms. The van der Waals surface area contributed by atoms with Gasteiger partial charge in [-0.1, -0.05) is 0 Å². The van der Waals surface area contributed by atoms with Gasteiger partial charge in [0.05, 0.1) is 6.26 Å². The third-order valence-corrected chi connectivity index (χ3v) is 5.06. The first-order chi connectivity index (χ1) is 11.3. The number of hydrogen-bond donors (Lipinski definition) is 1. The fraction of sp³-hybridized carbons (Fsp3) is 0.588. The standard InChI is InChI=1S/C17H23N3O4/c1-11-6-4-7-12(2)20(11)14(21)10-19-15(22)17(3,18-16(19)23)13-8-5-9-24-13/h5,8-9,11-12H,4,6-7,10H2,1-3H3,(H,18,23). The van der Waals surface area contributed by atoms with Gasteiger partial charge in [-0.15, -0.1) is 0 Å². The topological polar surface area (TPSA) is 82.9 Å². The Hall–Kier alpha value is -2.31. The summed E-state index contributed by atoms with van der Waals surface area (Å²) < 4.78 is 5.29. The van der Waals surface area contributed by atoms with Crippen molar-refractivity contribution in [3.63, 3.8) is 0 Å². The van der Waals surface area contributed by atoms with E-state index >= 15 is 0 Å². The van der Waals surface area contributed by atoms with Crippen molar-refractivity contribution < 1.29 is 18.8 Å². The zero-order chi connectivity index (χ0) is 17.5. The van der Waals surface area contributed by atoms with E-state index in [0.29, 0.717) is 5.76 Å². The van der Waals surface area contributed by atoms with Gasteiger partial charge >= 0.3 is 6.03 Å². The minimum absolute atomic E-state index is 0.124. The quantitative estimate of drug-likeness (QED) is 0.856. The molecule has 0 aromatic carbocycles. The Morgan fingerprint density at radius 3 is 2.58 bits per heavy atom. The van der Waals surface area contributed by atoms with Crippen LogP contribution in [0.3, 0.4) is 0 Å². The first kappa shape index (κ1) is 16.5. The SMILES string of the molecule is CC1CCCC(C)N1C(=O)CN1C(=O)NC(C)(c2ccco2)C1=O. The molecule has 2 aliphatic rings. The summed E-state index contributed by atoms with van der Waals surface area (Å²) in [4.78, 5) is 40.5. The second kappa shape index (κ2) is 5.96. The molecule has 0 spiro atoms. The molecule has 0 radical (unpaired) electrons. The minimum Gasteiger partial charge on any atom is -0.466 e. The predicted molar refractivity (Wildman–Crippen MR) is 85.9 cm³/mol. The van der Waals surface area contributed by atoms with E-state index in [1.807, 2.05) is 13.8 Å². The van der Waals surface area contributed by atoms with Crippen LogP contribution in [0.25, 0.3) is 0 Å². The number of carbonyl (C=O) groups is 3. The van der Waals surface area contributed by atoms with E-state index in [4.69, 9.17) is 4.42 Å². The number of likely N-dealkylation sites (tertiary alicyclic amines) is 1. The van der Waals surface area contributed by atoms with Crippen molar-refractivity contribution >= 4 is 17.8 Å². The van der Waals surface area contributed by atoms with Crippen molar-refractivity contribution in [2.75, 3.05) is 6.54 Å². The van der Waals surface area contributed by atoms with Gasteiger partial charge < -0.3 is 14.6 Å². The Bertz CT molecular complexity index is 647. The van der Waals surface area contributed by atoms with E-state index in [9.17, 15) is 14.4 Å². The number of imide groups is 1. The van der Waals surface area contributed by atoms with Crippen LogP contribution in [0.2, 0.25) is 0 Å². The number of piperidine rings is 1. The minimum atomic E-state index is -1.26. The van der Waals surface area contributed by atoms with Crippen LogP contribution in [0.5, 0.6) is 0 Å². The molecule has 130 valence electrons. The van der Waals surface area contributed by atoms with Gasteiger partial charge in [-0.2, -0.15) is 0 Å². The third kappa shape index (κ3) is 2.57. The number of amides is 4. The van der Waals surface area contributed by atoms with E-state index in [0.717, 1.165) is 24.2 Å². The van der Waals surface area contributed by atoms with Crippen LogP contribution in [-0.2, 0) is 15.1 Å². The Kier molecular flexibility index (Phi) is 4.11. The fourth-order valence-electron chi connectivity index (χ4n) is 3.70. The number of rotatable bonds is 3. The highest BCUT2D eigenvalue weighted by Gasteiger charge is 2.51. The molecule has 4 amide bonds. The zero-order valence-electron chi connectivity index (χ0n) is 14.2. The van der Waals surface area contributed by atoms with Crippen LogP contribution in [0, 0.1) is 0 Å². The van der Waals surface area contributed by atoms with Crippen molar-refractivity contribution in [3.8, 4) is 0 Å². The molecule has 0 bridgehead atoms. The van der Waals surface area contributed by atoms with Gasteiger partial charge in [-0.3, -0.25) is 14.5 Å². The molecule has 0 saturated carbocycles. The number of carbonyl (C=O) groups excluding carboxylic acids is 3. The van der Waals surface area contributed by atoms with Crippen LogP contribution in [0.15, 0.2) is 22.8 Å². The van der Waals surface area contributed by atoms with Crippen LogP contribution in [0.4, 0.5) is 4.79 Å². The average Bonchev–Trinajstić information content (AvgIpc) is 3.12. The maximum Gasteiger partial charge on any atom is 0.325 e. The van der Waals surface area contributed by atoms with Crippen LogP contribution >= 0.6 is 0 Å². The van der Waals surface area contributed by atoms with Crippen LogP contribution in [0.1, 0.15) is 45.8 Å². The molecule has 3 heterocycles. The highest BCUT2D eigenvalue weighted by molar-refractivity contribution is 6.08. The summed E-state index contributed by atoms with van der Waals surface area (Å²) in [6.45, 7) is 5.36. The van der Waals surface area contributed by atoms with Gasteiger partial charge in [0, 0.05) is 12.1 Å². The van der Waals surface area contributed by atoms with Gasteiger partial charge in [0.15, 0.2) is 5.54 Å². The van der Waals surface area contributed by atoms with Crippen molar-refractivity contribution in [2.45, 2.75) is 57.7 Å². The molecule has 24 heavy (non-hydrogen) atoms. The van der Waals surface area contributed by atoms with Crippen molar-refractivity contribution in [3.05, 3.63) is 24.2 Å². The Labute approximate surface area is 141 Å². The maximum atomic E-state index is 12.7. The summed E-state index contributed by atoms with van der Waals surface area (Å²) in [7, 11) is 0. The van der Waals surface area contributed by atoms with Gasteiger partial charge in [0.2, 0.25) is 5.91 Å². The van der Waals surface area contributed by atoms with E-state index < -0.39 is 17.5 Å². The number of nitrogens with zero attached hydrogens (tertiary/aromatic N) is 2. The second-order valence-electron chi connectivity index (χ2n) is 6.85. The Morgan fingerprint density at radius 2 is 2.00 bits per heavy atom. The molecular formula is C17H23N3O4. The summed E-state index contributed by atoms with van der Waals surface area (Å²) in [5, 5.41) is 2.64. The van der Waals surface area contributed by atoms with E-state index in [1.165, 1.54) is 6.26 Å². The van der Waals surface area contributed by atoms with Crippen molar-refractivity contribution in [2.24, 2.45) is 0 Å². The monoisotopic (exact) mass is 333 g/mol. The normalized spacial score (nSPS) is 30.6. The molecule has 1 aromatic rings. The largest absolute Gasteiger partial charge is 0.466 e. The van der Waals surface area contributed by atoms with Gasteiger partial charge in [-0.05, 0) is 52.2 Å². The zero-order valence-corrected chi connectivity index (χ0v) is 14.2. The molecule has 1 aromatic heterocycles. The summed E-state index contributed by atoms with van der Waals surface area (Å²) in [6.07, 6.45) is 4.43. The average molecular weight is 333 g/mol. The molecular weight excluding hydrogens is 310 g/mol. The van der Waals surface area contributed by atoms with E-state index in [2.05, 4.69) is 5.32 Å². The Balaban J connectivity index is 1.77. The first-order valence-electron chi connectivity index (χ1n) is 8.34. The maximum absolute atomic E-state index is 12.7. The Morgan fingerprint density at radius 1 is 1.33 bits per heavy atom. The summed E-state index contributed by atoms with van der Waals surface area (Å²) in [5.41, 5.74) is -1.26. The molecule has 7 nitrogen and oxygen atoms in total. The third-order valence-electron chi connectivity index (χ3n) is 5.06. The summed E-state index contributed by atoms with van der Waals surface area (Å²) in [6, 6.07) is 2.98. The number of furan rings is 1. The lowest BCUT2D eigenvalue weighted by molar-refractivity contribution is -0.143. The first-order valence-corrected chi connectivity index (χ1v) is 8.34. The number of hydrogen-bond acceptors (Lipinski definition) is 4. The van der Waals surface area contributed by atoms with Crippen molar-refractivity contribution in [1.82, 2.24) is 15.1 Å². The lowest BCUT2D eigenvalue weighted by Gasteiger charge is -2.39. The van der Waals surface area contributed by atoms with E-state index in [1.54, 1.807) is 24.0 Å². The van der Waals surface area contributed by atoms with Crippen LogP contribution in [-0.4, -0.2) is 46.3 Å².